The van der Waals surface area contributed by atoms with Crippen molar-refractivity contribution in [3.8, 4) is 0 Å². The van der Waals surface area contributed by atoms with Crippen LogP contribution in [0, 0.1) is 0 Å². The van der Waals surface area contributed by atoms with Gasteiger partial charge in [0.15, 0.2) is 0 Å². The van der Waals surface area contributed by atoms with Crippen molar-refractivity contribution in [2.24, 2.45) is 0 Å². The summed E-state index contributed by atoms with van der Waals surface area (Å²) < 4.78 is 32.5. The third-order valence-electron chi connectivity index (χ3n) is 4.91. The molecule has 0 aliphatic carbocycles. The molecule has 1 amide bonds. The van der Waals surface area contributed by atoms with Crippen LogP contribution >= 0.6 is 23.2 Å². The normalized spacial score (nSPS) is 15.4. The molecule has 2 aromatic rings. The van der Waals surface area contributed by atoms with Gasteiger partial charge in [-0.15, -0.1) is 0 Å². The van der Waals surface area contributed by atoms with Crippen molar-refractivity contribution in [2.75, 3.05) is 26.3 Å². The number of nitrogens with zero attached hydrogens (tertiary/aromatic N) is 2. The lowest BCUT2D eigenvalue weighted by Crippen LogP contribution is -2.40. The molecule has 0 radical (unpaired) electrons. The van der Waals surface area contributed by atoms with E-state index < -0.39 is 10.0 Å². The zero-order valence-corrected chi connectivity index (χ0v) is 19.2. The molecule has 0 aromatic heterocycles. The fraction of sp³-hybridized carbons (Fsp3) is 0.381. The second-order valence-corrected chi connectivity index (χ2v) is 10.1. The van der Waals surface area contributed by atoms with E-state index in [4.69, 9.17) is 27.9 Å². The Morgan fingerprint density at radius 3 is 2.43 bits per heavy atom. The topological polar surface area (TPSA) is 66.9 Å². The fourth-order valence-electron chi connectivity index (χ4n) is 3.22. The number of amides is 1. The zero-order valence-electron chi connectivity index (χ0n) is 16.8. The molecular weight excluding hydrogens is 447 g/mol. The van der Waals surface area contributed by atoms with Gasteiger partial charge < -0.3 is 9.64 Å². The maximum atomic E-state index is 13.2. The molecule has 2 aromatic carbocycles. The Hall–Kier alpha value is -1.64. The standard InChI is InChI=1S/C21H24Cl2N2O4S/c1-15(2)25(14-16-6-7-19(22)20(23)12-16)21(26)17-4-3-5-18(13-17)30(27,28)24-8-10-29-11-9-24/h3-7,12-13,15H,8-11,14H2,1-2H3. The maximum Gasteiger partial charge on any atom is 0.254 e. The molecule has 30 heavy (non-hydrogen) atoms. The summed E-state index contributed by atoms with van der Waals surface area (Å²) in [5.74, 6) is -0.255. The van der Waals surface area contributed by atoms with E-state index in [1.807, 2.05) is 19.9 Å². The lowest BCUT2D eigenvalue weighted by molar-refractivity contribution is 0.0689. The van der Waals surface area contributed by atoms with Gasteiger partial charge in [-0.1, -0.05) is 35.3 Å². The maximum absolute atomic E-state index is 13.2. The van der Waals surface area contributed by atoms with Gasteiger partial charge in [-0.05, 0) is 49.7 Å². The monoisotopic (exact) mass is 470 g/mol. The van der Waals surface area contributed by atoms with Crippen LogP contribution in [0.4, 0.5) is 0 Å². The van der Waals surface area contributed by atoms with E-state index >= 15 is 0 Å². The predicted octanol–water partition coefficient (Wildman–Crippen LogP) is 4.07. The van der Waals surface area contributed by atoms with E-state index in [2.05, 4.69) is 0 Å². The highest BCUT2D eigenvalue weighted by Gasteiger charge is 2.28. The molecular formula is C21H24Cl2N2O4S. The summed E-state index contributed by atoms with van der Waals surface area (Å²) in [7, 11) is -3.68. The molecule has 1 saturated heterocycles. The van der Waals surface area contributed by atoms with Crippen LogP contribution in [0.15, 0.2) is 47.4 Å². The Morgan fingerprint density at radius 1 is 1.10 bits per heavy atom. The Balaban J connectivity index is 1.86. The highest BCUT2D eigenvalue weighted by molar-refractivity contribution is 7.89. The largest absolute Gasteiger partial charge is 0.379 e. The van der Waals surface area contributed by atoms with Gasteiger partial charge in [0.25, 0.3) is 5.91 Å². The minimum atomic E-state index is -3.68. The van der Waals surface area contributed by atoms with Gasteiger partial charge in [0, 0.05) is 31.2 Å². The summed E-state index contributed by atoms with van der Waals surface area (Å²) in [6.07, 6.45) is 0. The lowest BCUT2D eigenvalue weighted by atomic mass is 10.1. The SMILES string of the molecule is CC(C)N(Cc1ccc(Cl)c(Cl)c1)C(=O)c1cccc(S(=O)(=O)N2CCOCC2)c1. The second kappa shape index (κ2) is 9.66. The molecule has 0 atom stereocenters. The molecule has 1 aliphatic rings. The smallest absolute Gasteiger partial charge is 0.254 e. The molecule has 3 rings (SSSR count). The molecule has 0 spiro atoms. The van der Waals surface area contributed by atoms with Crippen molar-refractivity contribution in [2.45, 2.75) is 31.3 Å². The number of morpholine rings is 1. The molecule has 1 heterocycles. The third-order valence-corrected chi connectivity index (χ3v) is 7.54. The summed E-state index contributed by atoms with van der Waals surface area (Å²) in [6.45, 7) is 5.47. The molecule has 0 saturated carbocycles. The fourth-order valence-corrected chi connectivity index (χ4v) is 4.99. The molecule has 0 bridgehead atoms. The Morgan fingerprint density at radius 2 is 1.80 bits per heavy atom. The van der Waals surface area contributed by atoms with E-state index in [1.54, 1.807) is 29.2 Å². The Labute approximate surface area is 187 Å². The van der Waals surface area contributed by atoms with Crippen molar-refractivity contribution in [1.82, 2.24) is 9.21 Å². The number of carbonyl (C=O) groups excluding carboxylic acids is 1. The average Bonchev–Trinajstić information content (AvgIpc) is 2.74. The van der Waals surface area contributed by atoms with E-state index in [1.165, 1.54) is 16.4 Å². The summed E-state index contributed by atoms with van der Waals surface area (Å²) >= 11 is 12.1. The highest BCUT2D eigenvalue weighted by Crippen LogP contribution is 2.25. The van der Waals surface area contributed by atoms with Gasteiger partial charge in [-0.25, -0.2) is 8.42 Å². The zero-order chi connectivity index (χ0) is 21.9. The van der Waals surface area contributed by atoms with Crippen LogP contribution in [0.25, 0.3) is 0 Å². The first-order chi connectivity index (χ1) is 14.2. The van der Waals surface area contributed by atoms with Crippen LogP contribution < -0.4 is 0 Å². The van der Waals surface area contributed by atoms with Gasteiger partial charge in [-0.2, -0.15) is 4.31 Å². The molecule has 1 fully saturated rings. The average molecular weight is 471 g/mol. The van der Waals surface area contributed by atoms with Crippen molar-refractivity contribution < 1.29 is 17.9 Å². The van der Waals surface area contributed by atoms with Crippen molar-refractivity contribution in [3.63, 3.8) is 0 Å². The molecule has 6 nitrogen and oxygen atoms in total. The number of carbonyl (C=O) groups is 1. The number of rotatable bonds is 6. The van der Waals surface area contributed by atoms with E-state index in [0.717, 1.165) is 5.56 Å². The summed E-state index contributed by atoms with van der Waals surface area (Å²) in [5.41, 5.74) is 1.15. The number of halogens is 2. The summed E-state index contributed by atoms with van der Waals surface area (Å²) in [4.78, 5) is 15.0. The Bertz CT molecular complexity index is 1020. The number of hydrogen-bond donors (Lipinski definition) is 0. The van der Waals surface area contributed by atoms with Crippen LogP contribution in [0.5, 0.6) is 0 Å². The number of hydrogen-bond acceptors (Lipinski definition) is 4. The first-order valence-corrected chi connectivity index (χ1v) is 11.8. The van der Waals surface area contributed by atoms with Crippen LogP contribution in [0.2, 0.25) is 10.0 Å². The van der Waals surface area contributed by atoms with Crippen LogP contribution in [0.3, 0.4) is 0 Å². The number of benzene rings is 2. The third kappa shape index (κ3) is 5.15. The summed E-state index contributed by atoms with van der Waals surface area (Å²) in [6, 6.07) is 11.3. The van der Waals surface area contributed by atoms with Crippen molar-refractivity contribution in [1.29, 1.82) is 0 Å². The van der Waals surface area contributed by atoms with Gasteiger partial charge >= 0.3 is 0 Å². The summed E-state index contributed by atoms with van der Waals surface area (Å²) in [5, 5.41) is 0.868. The lowest BCUT2D eigenvalue weighted by Gasteiger charge is -2.28. The van der Waals surface area contributed by atoms with E-state index in [0.29, 0.717) is 48.5 Å². The van der Waals surface area contributed by atoms with Crippen molar-refractivity contribution in [3.05, 3.63) is 63.6 Å². The van der Waals surface area contributed by atoms with Crippen LogP contribution in [0.1, 0.15) is 29.8 Å². The van der Waals surface area contributed by atoms with Crippen LogP contribution in [-0.4, -0.2) is 55.9 Å². The minimum Gasteiger partial charge on any atom is -0.379 e. The first-order valence-electron chi connectivity index (χ1n) is 9.63. The molecule has 162 valence electrons. The predicted molar refractivity (Wildman–Crippen MR) is 117 cm³/mol. The van der Waals surface area contributed by atoms with E-state index in [9.17, 15) is 13.2 Å². The van der Waals surface area contributed by atoms with Gasteiger partial charge in [0.1, 0.15) is 0 Å². The first kappa shape index (κ1) is 23.0. The van der Waals surface area contributed by atoms with Crippen LogP contribution in [-0.2, 0) is 21.3 Å². The number of sulfonamides is 1. The molecule has 9 heteroatoms. The molecule has 1 aliphatic heterocycles. The Kier molecular flexibility index (Phi) is 7.42. The van der Waals surface area contributed by atoms with Gasteiger partial charge in [-0.3, -0.25) is 4.79 Å². The minimum absolute atomic E-state index is 0.105. The van der Waals surface area contributed by atoms with Gasteiger partial charge in [0.05, 0.1) is 28.2 Å². The molecule has 0 N–H and O–H groups in total. The highest BCUT2D eigenvalue weighted by atomic mass is 35.5. The quantitative estimate of drug-likeness (QED) is 0.637. The number of ether oxygens (including phenoxy) is 1. The molecule has 0 unspecified atom stereocenters. The van der Waals surface area contributed by atoms with E-state index in [-0.39, 0.29) is 16.8 Å². The second-order valence-electron chi connectivity index (χ2n) is 7.32. The van der Waals surface area contributed by atoms with Crippen molar-refractivity contribution >= 4 is 39.1 Å². The van der Waals surface area contributed by atoms with Gasteiger partial charge in [0.2, 0.25) is 10.0 Å².